The molecule has 2 atom stereocenters. The highest BCUT2D eigenvalue weighted by atomic mass is 35.5. The van der Waals surface area contributed by atoms with E-state index < -0.39 is 6.36 Å². The predicted octanol–water partition coefficient (Wildman–Crippen LogP) is 4.29. The molecule has 1 fully saturated rings. The van der Waals surface area contributed by atoms with Crippen LogP contribution in [0.3, 0.4) is 0 Å². The van der Waals surface area contributed by atoms with Gasteiger partial charge in [-0.05, 0) is 43.0 Å². The summed E-state index contributed by atoms with van der Waals surface area (Å²) in [6, 6.07) is 9.91. The van der Waals surface area contributed by atoms with Crippen molar-refractivity contribution in [3.8, 4) is 5.75 Å². The smallest absolute Gasteiger partial charge is 0.405 e. The number of ether oxygens (including phenoxy) is 1. The highest BCUT2D eigenvalue weighted by Crippen LogP contribution is 2.45. The van der Waals surface area contributed by atoms with Crippen molar-refractivity contribution in [1.29, 1.82) is 0 Å². The maximum Gasteiger partial charge on any atom is 0.573 e. The lowest BCUT2D eigenvalue weighted by atomic mass is 10.1. The Balaban J connectivity index is 1.59. The largest absolute Gasteiger partial charge is 0.573 e. The molecular formula is C20H22ClF3N4O. The Bertz CT molecular complexity index is 842. The van der Waals surface area contributed by atoms with Gasteiger partial charge in [-0.25, -0.2) is 4.98 Å². The summed E-state index contributed by atoms with van der Waals surface area (Å²) < 4.78 is 42.1. The molecule has 1 heterocycles. The lowest BCUT2D eigenvalue weighted by Gasteiger charge is -2.14. The molecule has 156 valence electrons. The quantitative estimate of drug-likeness (QED) is 0.394. The molecule has 0 aliphatic heterocycles. The van der Waals surface area contributed by atoms with Crippen LogP contribution in [0.2, 0.25) is 5.15 Å². The molecular weight excluding hydrogens is 405 g/mol. The lowest BCUT2D eigenvalue weighted by Crippen LogP contribution is -2.39. The summed E-state index contributed by atoms with van der Waals surface area (Å²) in [6.07, 6.45) is -1.58. The van der Waals surface area contributed by atoms with Gasteiger partial charge in [-0.1, -0.05) is 35.9 Å². The molecule has 1 aliphatic carbocycles. The van der Waals surface area contributed by atoms with E-state index in [9.17, 15) is 13.2 Å². The van der Waals surface area contributed by atoms with E-state index in [2.05, 4.69) is 25.3 Å². The molecule has 0 spiro atoms. The van der Waals surface area contributed by atoms with Crippen LogP contribution < -0.4 is 15.4 Å². The third kappa shape index (κ3) is 6.52. The maximum absolute atomic E-state index is 12.6. The number of para-hydroxylation sites is 1. The number of rotatable bonds is 7. The number of nitrogens with one attached hydrogen (secondary N) is 2. The predicted molar refractivity (Wildman–Crippen MR) is 106 cm³/mol. The monoisotopic (exact) mass is 426 g/mol. The van der Waals surface area contributed by atoms with Crippen molar-refractivity contribution in [2.45, 2.75) is 38.1 Å². The number of pyridine rings is 1. The average Bonchev–Trinajstić information content (AvgIpc) is 3.41. The zero-order valence-electron chi connectivity index (χ0n) is 15.8. The van der Waals surface area contributed by atoms with Gasteiger partial charge in [0, 0.05) is 31.2 Å². The van der Waals surface area contributed by atoms with Crippen molar-refractivity contribution in [2.75, 3.05) is 13.1 Å². The first-order valence-electron chi connectivity index (χ1n) is 9.35. The van der Waals surface area contributed by atoms with E-state index in [1.807, 2.05) is 13.0 Å². The van der Waals surface area contributed by atoms with Crippen molar-refractivity contribution in [3.63, 3.8) is 0 Å². The molecule has 1 saturated carbocycles. The second kappa shape index (κ2) is 9.35. The lowest BCUT2D eigenvalue weighted by molar-refractivity contribution is -0.274. The van der Waals surface area contributed by atoms with Gasteiger partial charge in [0.25, 0.3) is 0 Å². The molecule has 3 rings (SSSR count). The molecule has 2 aromatic rings. The first-order valence-corrected chi connectivity index (χ1v) is 9.73. The zero-order valence-corrected chi connectivity index (χ0v) is 16.6. The number of nitrogens with zero attached hydrogens (tertiary/aromatic N) is 2. The summed E-state index contributed by atoms with van der Waals surface area (Å²) in [4.78, 5) is 8.59. The summed E-state index contributed by atoms with van der Waals surface area (Å²) in [5.74, 6) is 0.431. The minimum absolute atomic E-state index is 0.00276. The highest BCUT2D eigenvalue weighted by Gasteiger charge is 2.42. The standard InChI is InChI=1S/C20H22ClF3N4O/c1-2-25-19(26-10-9-13-7-8-18(21)27-12-13)28-16-11-15(16)14-5-3-4-6-17(14)29-20(22,23)24/h3-8,12,15-16H,2,9-11H2,1H3,(H2,25,26,28). The SMILES string of the molecule is CCNC(=NCCc1ccc(Cl)nc1)NC1CC1c1ccccc1OC(F)(F)F. The van der Waals surface area contributed by atoms with Gasteiger partial charge in [-0.3, -0.25) is 4.99 Å². The number of aromatic nitrogens is 1. The normalized spacial score (nSPS) is 19.0. The van der Waals surface area contributed by atoms with E-state index in [1.54, 1.807) is 24.4 Å². The summed E-state index contributed by atoms with van der Waals surface area (Å²) >= 11 is 5.78. The van der Waals surface area contributed by atoms with Gasteiger partial charge in [0.05, 0.1) is 0 Å². The topological polar surface area (TPSA) is 58.5 Å². The Morgan fingerprint density at radius 2 is 2.07 bits per heavy atom. The van der Waals surface area contributed by atoms with Gasteiger partial charge in [-0.15, -0.1) is 13.2 Å². The van der Waals surface area contributed by atoms with Gasteiger partial charge in [0.1, 0.15) is 10.9 Å². The summed E-state index contributed by atoms with van der Waals surface area (Å²) in [5.41, 5.74) is 1.57. The number of benzene rings is 1. The van der Waals surface area contributed by atoms with Crippen molar-refractivity contribution < 1.29 is 17.9 Å². The van der Waals surface area contributed by atoms with Crippen molar-refractivity contribution >= 4 is 17.6 Å². The molecule has 29 heavy (non-hydrogen) atoms. The first kappa shape index (κ1) is 21.2. The average molecular weight is 427 g/mol. The van der Waals surface area contributed by atoms with E-state index in [-0.39, 0.29) is 17.7 Å². The molecule has 1 aliphatic rings. The van der Waals surface area contributed by atoms with Gasteiger partial charge in [0.15, 0.2) is 5.96 Å². The Hall–Kier alpha value is -2.48. The molecule has 1 aromatic carbocycles. The maximum atomic E-state index is 12.6. The molecule has 2 unspecified atom stereocenters. The van der Waals surface area contributed by atoms with E-state index in [0.29, 0.717) is 42.6 Å². The van der Waals surface area contributed by atoms with Crippen LogP contribution in [0.1, 0.15) is 30.4 Å². The highest BCUT2D eigenvalue weighted by molar-refractivity contribution is 6.29. The number of hydrogen-bond donors (Lipinski definition) is 2. The number of guanidine groups is 1. The van der Waals surface area contributed by atoms with E-state index in [0.717, 1.165) is 5.56 Å². The number of alkyl halides is 3. The van der Waals surface area contributed by atoms with Crippen LogP contribution in [0.25, 0.3) is 0 Å². The fourth-order valence-electron chi connectivity index (χ4n) is 3.05. The summed E-state index contributed by atoms with van der Waals surface area (Å²) in [7, 11) is 0. The molecule has 0 saturated heterocycles. The van der Waals surface area contributed by atoms with Crippen LogP contribution in [0.4, 0.5) is 13.2 Å². The van der Waals surface area contributed by atoms with Crippen LogP contribution in [0.5, 0.6) is 5.75 Å². The summed E-state index contributed by atoms with van der Waals surface area (Å²) in [6.45, 7) is 3.18. The molecule has 1 aromatic heterocycles. The van der Waals surface area contributed by atoms with Gasteiger partial charge in [0.2, 0.25) is 0 Å². The van der Waals surface area contributed by atoms with Gasteiger partial charge in [-0.2, -0.15) is 0 Å². The van der Waals surface area contributed by atoms with Crippen LogP contribution in [0.15, 0.2) is 47.6 Å². The van der Waals surface area contributed by atoms with Crippen molar-refractivity contribution in [1.82, 2.24) is 15.6 Å². The van der Waals surface area contributed by atoms with Crippen LogP contribution >= 0.6 is 11.6 Å². The third-order valence-corrected chi connectivity index (χ3v) is 4.68. The third-order valence-electron chi connectivity index (χ3n) is 4.46. The van der Waals surface area contributed by atoms with E-state index >= 15 is 0 Å². The summed E-state index contributed by atoms with van der Waals surface area (Å²) in [5, 5.41) is 6.90. The minimum atomic E-state index is -4.71. The number of hydrogen-bond acceptors (Lipinski definition) is 3. The van der Waals surface area contributed by atoms with Crippen LogP contribution in [0, 0.1) is 0 Å². The molecule has 2 N–H and O–H groups in total. The van der Waals surface area contributed by atoms with Crippen molar-refractivity contribution in [3.05, 3.63) is 58.9 Å². The molecule has 0 bridgehead atoms. The number of aliphatic imine (C=N–C) groups is 1. The molecule has 0 amide bonds. The van der Waals surface area contributed by atoms with E-state index in [1.165, 1.54) is 12.1 Å². The fourth-order valence-corrected chi connectivity index (χ4v) is 3.16. The second-order valence-corrected chi connectivity index (χ2v) is 7.07. The van der Waals surface area contributed by atoms with Crippen LogP contribution in [-0.2, 0) is 6.42 Å². The Morgan fingerprint density at radius 3 is 2.76 bits per heavy atom. The van der Waals surface area contributed by atoms with Gasteiger partial charge < -0.3 is 15.4 Å². The second-order valence-electron chi connectivity index (χ2n) is 6.68. The van der Waals surface area contributed by atoms with Gasteiger partial charge >= 0.3 is 6.36 Å². The molecule has 0 radical (unpaired) electrons. The molecule has 9 heteroatoms. The van der Waals surface area contributed by atoms with E-state index in [4.69, 9.17) is 11.6 Å². The fraction of sp³-hybridized carbons (Fsp3) is 0.400. The number of halogens is 4. The Morgan fingerprint density at radius 1 is 1.28 bits per heavy atom. The zero-order chi connectivity index (χ0) is 20.9. The van der Waals surface area contributed by atoms with Crippen molar-refractivity contribution in [2.24, 2.45) is 4.99 Å². The minimum Gasteiger partial charge on any atom is -0.405 e. The molecule has 5 nitrogen and oxygen atoms in total. The Kier molecular flexibility index (Phi) is 6.84. The Labute approximate surface area is 172 Å². The van der Waals surface area contributed by atoms with Crippen LogP contribution in [-0.4, -0.2) is 36.4 Å². The first-order chi connectivity index (χ1) is 13.9.